The second-order valence-corrected chi connectivity index (χ2v) is 5.51. The summed E-state index contributed by atoms with van der Waals surface area (Å²) in [6, 6.07) is 3.18. The largest absolute Gasteiger partial charge is 0.417 e. The fourth-order valence-electron chi connectivity index (χ4n) is 2.11. The van der Waals surface area contributed by atoms with Gasteiger partial charge in [0.05, 0.1) is 5.56 Å². The Bertz CT molecular complexity index is 510. The van der Waals surface area contributed by atoms with Crippen molar-refractivity contribution in [3.8, 4) is 0 Å². The summed E-state index contributed by atoms with van der Waals surface area (Å²) in [5.74, 6) is -0.369. The van der Waals surface area contributed by atoms with Gasteiger partial charge in [-0.25, -0.2) is 4.39 Å². The third kappa shape index (κ3) is 3.31. The van der Waals surface area contributed by atoms with E-state index in [0.29, 0.717) is 13.1 Å². The molecule has 1 fully saturated rings. The van der Waals surface area contributed by atoms with Gasteiger partial charge in [0.2, 0.25) is 0 Å². The highest BCUT2D eigenvalue weighted by molar-refractivity contribution is 9.10. The second kappa shape index (κ2) is 5.71. The Labute approximate surface area is 121 Å². The zero-order chi connectivity index (χ0) is 14.9. The van der Waals surface area contributed by atoms with Crippen molar-refractivity contribution in [3.63, 3.8) is 0 Å². The van der Waals surface area contributed by atoms with Crippen LogP contribution in [0.2, 0.25) is 0 Å². The number of hydrogen-bond donors (Lipinski definition) is 0. The monoisotopic (exact) mass is 353 g/mol. The maximum atomic E-state index is 13.0. The number of halogens is 5. The summed E-state index contributed by atoms with van der Waals surface area (Å²) in [4.78, 5) is 13.6. The molecule has 0 aliphatic carbocycles. The highest BCUT2D eigenvalue weighted by Crippen LogP contribution is 2.35. The molecule has 0 aromatic heterocycles. The average Bonchev–Trinajstić information content (AvgIpc) is 2.37. The predicted octanol–water partition coefficient (Wildman–Crippen LogP) is 4.04. The first-order valence-electron chi connectivity index (χ1n) is 6.09. The molecule has 1 saturated heterocycles. The van der Waals surface area contributed by atoms with Gasteiger partial charge in [-0.2, -0.15) is 13.2 Å². The van der Waals surface area contributed by atoms with Crippen LogP contribution in [0.25, 0.3) is 0 Å². The second-order valence-electron chi connectivity index (χ2n) is 4.66. The molecular formula is C13H12BrF4NO. The van der Waals surface area contributed by atoms with Gasteiger partial charge in [-0.15, -0.1) is 0 Å². The first-order chi connectivity index (χ1) is 9.29. The van der Waals surface area contributed by atoms with Crippen molar-refractivity contribution in [2.75, 3.05) is 13.1 Å². The standard InChI is InChI=1S/C13H12BrF4NO/c14-11-7-8(1-2-10(11)13(16,17)18)12(20)19-5-3-9(15)4-6-19/h1-2,7,9H,3-6H2. The van der Waals surface area contributed by atoms with E-state index in [1.807, 2.05) is 0 Å². The van der Waals surface area contributed by atoms with E-state index < -0.39 is 17.9 Å². The molecule has 0 bridgehead atoms. The van der Waals surface area contributed by atoms with E-state index in [0.717, 1.165) is 18.2 Å². The van der Waals surface area contributed by atoms with Crippen LogP contribution in [0.4, 0.5) is 17.6 Å². The van der Waals surface area contributed by atoms with Crippen LogP contribution in [0, 0.1) is 0 Å². The molecule has 0 atom stereocenters. The van der Waals surface area contributed by atoms with Crippen LogP contribution >= 0.6 is 15.9 Å². The van der Waals surface area contributed by atoms with Gasteiger partial charge >= 0.3 is 6.18 Å². The summed E-state index contributed by atoms with van der Waals surface area (Å²) in [6.45, 7) is 0.581. The minimum atomic E-state index is -4.47. The quantitative estimate of drug-likeness (QED) is 0.697. The number of carbonyl (C=O) groups is 1. The van der Waals surface area contributed by atoms with Crippen LogP contribution in [0.5, 0.6) is 0 Å². The van der Waals surface area contributed by atoms with Crippen LogP contribution < -0.4 is 0 Å². The fourth-order valence-corrected chi connectivity index (χ4v) is 2.72. The molecular weight excluding hydrogens is 342 g/mol. The van der Waals surface area contributed by atoms with Crippen molar-refractivity contribution in [1.82, 2.24) is 4.90 Å². The Morgan fingerprint density at radius 1 is 1.25 bits per heavy atom. The fraction of sp³-hybridized carbons (Fsp3) is 0.462. The number of benzene rings is 1. The van der Waals surface area contributed by atoms with Crippen LogP contribution in [-0.4, -0.2) is 30.1 Å². The number of rotatable bonds is 1. The molecule has 0 N–H and O–H groups in total. The third-order valence-electron chi connectivity index (χ3n) is 3.23. The van der Waals surface area contributed by atoms with E-state index in [1.165, 1.54) is 4.90 Å². The van der Waals surface area contributed by atoms with E-state index in [9.17, 15) is 22.4 Å². The van der Waals surface area contributed by atoms with Crippen LogP contribution in [0.15, 0.2) is 22.7 Å². The maximum absolute atomic E-state index is 13.0. The maximum Gasteiger partial charge on any atom is 0.417 e. The third-order valence-corrected chi connectivity index (χ3v) is 3.89. The number of carbonyl (C=O) groups excluding carboxylic acids is 1. The lowest BCUT2D eigenvalue weighted by Crippen LogP contribution is -2.39. The number of piperidine rings is 1. The Morgan fingerprint density at radius 2 is 1.85 bits per heavy atom. The molecule has 0 unspecified atom stereocenters. The minimum absolute atomic E-state index is 0.169. The van der Waals surface area contributed by atoms with Crippen molar-refractivity contribution >= 4 is 21.8 Å². The molecule has 110 valence electrons. The zero-order valence-electron chi connectivity index (χ0n) is 10.4. The molecule has 20 heavy (non-hydrogen) atoms. The van der Waals surface area contributed by atoms with Crippen molar-refractivity contribution in [3.05, 3.63) is 33.8 Å². The molecule has 1 aromatic rings. The number of hydrogen-bond acceptors (Lipinski definition) is 1. The van der Waals surface area contributed by atoms with Crippen molar-refractivity contribution in [2.45, 2.75) is 25.2 Å². The van der Waals surface area contributed by atoms with Crippen LogP contribution in [0.1, 0.15) is 28.8 Å². The lowest BCUT2D eigenvalue weighted by molar-refractivity contribution is -0.138. The highest BCUT2D eigenvalue weighted by Gasteiger charge is 2.33. The minimum Gasteiger partial charge on any atom is -0.338 e. The van der Waals surface area contributed by atoms with E-state index >= 15 is 0 Å². The molecule has 0 spiro atoms. The van der Waals surface area contributed by atoms with E-state index in [1.54, 1.807) is 0 Å². The number of amides is 1. The van der Waals surface area contributed by atoms with Gasteiger partial charge in [-0.3, -0.25) is 4.79 Å². The summed E-state index contributed by atoms with van der Waals surface area (Å²) in [6.07, 6.45) is -4.83. The van der Waals surface area contributed by atoms with Crippen molar-refractivity contribution in [2.24, 2.45) is 0 Å². The lowest BCUT2D eigenvalue weighted by atomic mass is 10.1. The van der Waals surface area contributed by atoms with Gasteiger partial charge < -0.3 is 4.90 Å². The van der Waals surface area contributed by atoms with E-state index in [-0.39, 0.29) is 28.8 Å². The summed E-state index contributed by atoms with van der Waals surface area (Å²) < 4.78 is 50.7. The molecule has 1 amide bonds. The molecule has 2 nitrogen and oxygen atoms in total. The van der Waals surface area contributed by atoms with Crippen molar-refractivity contribution < 1.29 is 22.4 Å². The van der Waals surface area contributed by atoms with Gasteiger partial charge in [-0.05, 0) is 31.0 Å². The molecule has 1 aromatic carbocycles. The van der Waals surface area contributed by atoms with Gasteiger partial charge in [0, 0.05) is 23.1 Å². The Kier molecular flexibility index (Phi) is 4.36. The summed E-state index contributed by atoms with van der Waals surface area (Å²) in [7, 11) is 0. The molecule has 1 heterocycles. The summed E-state index contributed by atoms with van der Waals surface area (Å²) in [5.41, 5.74) is -0.654. The lowest BCUT2D eigenvalue weighted by Gasteiger charge is -2.28. The number of alkyl halides is 4. The van der Waals surface area contributed by atoms with Crippen molar-refractivity contribution in [1.29, 1.82) is 0 Å². The van der Waals surface area contributed by atoms with Gasteiger partial charge in [-0.1, -0.05) is 15.9 Å². The molecule has 1 aliphatic rings. The molecule has 2 rings (SSSR count). The molecule has 7 heteroatoms. The first kappa shape index (κ1) is 15.3. The Morgan fingerprint density at radius 3 is 2.35 bits per heavy atom. The number of nitrogens with zero attached hydrogens (tertiary/aromatic N) is 1. The van der Waals surface area contributed by atoms with E-state index in [2.05, 4.69) is 15.9 Å². The first-order valence-corrected chi connectivity index (χ1v) is 6.88. The van der Waals surface area contributed by atoms with Gasteiger partial charge in [0.25, 0.3) is 5.91 Å². The molecule has 1 aliphatic heterocycles. The normalized spacial score (nSPS) is 17.4. The Balaban J connectivity index is 2.17. The van der Waals surface area contributed by atoms with Crippen LogP contribution in [-0.2, 0) is 6.18 Å². The Hall–Kier alpha value is -1.11. The summed E-state index contributed by atoms with van der Waals surface area (Å²) >= 11 is 2.83. The van der Waals surface area contributed by atoms with Gasteiger partial charge in [0.1, 0.15) is 6.17 Å². The average molecular weight is 354 g/mol. The van der Waals surface area contributed by atoms with E-state index in [4.69, 9.17) is 0 Å². The van der Waals surface area contributed by atoms with Crippen LogP contribution in [0.3, 0.4) is 0 Å². The topological polar surface area (TPSA) is 20.3 Å². The predicted molar refractivity (Wildman–Crippen MR) is 69.2 cm³/mol. The zero-order valence-corrected chi connectivity index (χ0v) is 12.0. The highest BCUT2D eigenvalue weighted by atomic mass is 79.9. The van der Waals surface area contributed by atoms with Gasteiger partial charge in [0.15, 0.2) is 0 Å². The SMILES string of the molecule is O=C(c1ccc(C(F)(F)F)c(Br)c1)N1CCC(F)CC1. The number of likely N-dealkylation sites (tertiary alicyclic amines) is 1. The smallest absolute Gasteiger partial charge is 0.338 e. The summed E-state index contributed by atoms with van der Waals surface area (Å²) in [5, 5.41) is 0. The molecule has 0 saturated carbocycles. The molecule has 0 radical (unpaired) electrons.